The van der Waals surface area contributed by atoms with Gasteiger partial charge in [-0.1, -0.05) is 119 Å². The van der Waals surface area contributed by atoms with Gasteiger partial charge in [-0.3, -0.25) is 0 Å². The Kier molecular flexibility index (Phi) is 10.1. The van der Waals surface area contributed by atoms with Crippen LogP contribution in [0.1, 0.15) is 76.0 Å². The molecule has 0 radical (unpaired) electrons. The molecule has 0 aromatic heterocycles. The molecule has 3 aromatic carbocycles. The number of anilines is 1. The quantitative estimate of drug-likeness (QED) is 0.402. The van der Waals surface area contributed by atoms with Gasteiger partial charge >= 0.3 is 0 Å². The van der Waals surface area contributed by atoms with Crippen LogP contribution in [0.3, 0.4) is 0 Å². The Morgan fingerprint density at radius 1 is 0.727 bits per heavy atom. The van der Waals surface area contributed by atoms with Crippen LogP contribution in [0.4, 0.5) is 5.69 Å². The molecule has 0 saturated heterocycles. The number of rotatable bonds is 6. The van der Waals surface area contributed by atoms with E-state index in [0.717, 1.165) is 30.7 Å². The highest BCUT2D eigenvalue weighted by atomic mass is 14.9. The fraction of sp³-hybridized carbons (Fsp3) is 0.438. The second kappa shape index (κ2) is 13.2. The lowest BCUT2D eigenvalue weighted by Crippen LogP contribution is -2.15. The summed E-state index contributed by atoms with van der Waals surface area (Å²) in [5.41, 5.74) is 6.26. The van der Waals surface area contributed by atoms with Gasteiger partial charge in [-0.2, -0.15) is 0 Å². The molecular weight excluding hydrogens is 398 g/mol. The van der Waals surface area contributed by atoms with Gasteiger partial charge in [0, 0.05) is 12.2 Å². The van der Waals surface area contributed by atoms with Crippen LogP contribution in [-0.4, -0.2) is 6.54 Å². The second-order valence-electron chi connectivity index (χ2n) is 9.36. The normalized spacial score (nSPS) is 17.7. The summed E-state index contributed by atoms with van der Waals surface area (Å²) in [5.74, 6) is 0.910. The van der Waals surface area contributed by atoms with E-state index in [1.807, 2.05) is 19.9 Å². The van der Waals surface area contributed by atoms with Crippen LogP contribution < -0.4 is 5.32 Å². The van der Waals surface area contributed by atoms with E-state index in [9.17, 15) is 0 Å². The zero-order valence-corrected chi connectivity index (χ0v) is 21.0. The Bertz CT molecular complexity index is 910. The minimum Gasteiger partial charge on any atom is -0.385 e. The minimum atomic E-state index is 0.722. The molecule has 2 saturated carbocycles. The molecule has 1 spiro atoms. The first-order valence-corrected chi connectivity index (χ1v) is 13.2. The van der Waals surface area contributed by atoms with E-state index in [2.05, 4.69) is 91.1 Å². The smallest absolute Gasteiger partial charge is 0.0376 e. The summed E-state index contributed by atoms with van der Waals surface area (Å²) in [6.07, 6.45) is 10.9. The maximum absolute atomic E-state index is 3.77. The van der Waals surface area contributed by atoms with Crippen molar-refractivity contribution in [3.8, 4) is 0 Å². The van der Waals surface area contributed by atoms with E-state index in [0.29, 0.717) is 0 Å². The highest BCUT2D eigenvalue weighted by Crippen LogP contribution is 2.61. The number of para-hydroxylation sites is 1. The molecular formula is C32H43N. The summed E-state index contributed by atoms with van der Waals surface area (Å²) in [6.45, 7) is 7.32. The Morgan fingerprint density at radius 2 is 1.30 bits per heavy atom. The van der Waals surface area contributed by atoms with Gasteiger partial charge in [0.1, 0.15) is 0 Å². The van der Waals surface area contributed by atoms with Crippen LogP contribution in [0, 0.1) is 11.3 Å². The molecule has 0 bridgehead atoms. The van der Waals surface area contributed by atoms with Crippen LogP contribution >= 0.6 is 0 Å². The number of hydrogen-bond acceptors (Lipinski definition) is 1. The Labute approximate surface area is 202 Å². The molecule has 3 aromatic rings. The van der Waals surface area contributed by atoms with Crippen molar-refractivity contribution >= 4 is 5.69 Å². The van der Waals surface area contributed by atoms with Crippen molar-refractivity contribution < 1.29 is 0 Å². The first kappa shape index (κ1) is 25.1. The third-order valence-corrected chi connectivity index (χ3v) is 7.25. The fourth-order valence-corrected chi connectivity index (χ4v) is 5.20. The molecule has 1 nitrogen and oxygen atoms in total. The van der Waals surface area contributed by atoms with Gasteiger partial charge in [0.25, 0.3) is 0 Å². The first-order chi connectivity index (χ1) is 16.3. The van der Waals surface area contributed by atoms with E-state index in [4.69, 9.17) is 0 Å². The molecule has 1 N–H and O–H groups in total. The van der Waals surface area contributed by atoms with E-state index in [1.165, 1.54) is 60.9 Å². The standard InChI is InChI=1S/C22H27N.C8H10.C2H6/c1-3-9-18(10-4-1)15-19-11-5-6-12-21(19)23-17-20-16-22(20)13-7-2-8-14-22;1-2-8-6-4-3-5-7-8;1-2/h1,3-6,9-12,20,23H,2,7-8,13-17H2;3-7H,2H2,1H3;1-2H3. The molecule has 0 aliphatic heterocycles. The minimum absolute atomic E-state index is 0.722. The van der Waals surface area contributed by atoms with Gasteiger partial charge in [0.15, 0.2) is 0 Å². The number of nitrogens with one attached hydrogen (secondary N) is 1. The average molecular weight is 442 g/mol. The third kappa shape index (κ3) is 7.49. The number of aryl methyl sites for hydroxylation is 1. The van der Waals surface area contributed by atoms with Crippen molar-refractivity contribution in [1.82, 2.24) is 0 Å². The SMILES string of the molecule is CC.CCc1ccccc1.c1ccc(Cc2ccccc2NCC2CC23CCCCC3)cc1. The van der Waals surface area contributed by atoms with Gasteiger partial charge in [-0.05, 0) is 66.2 Å². The van der Waals surface area contributed by atoms with Crippen molar-refractivity contribution in [3.63, 3.8) is 0 Å². The van der Waals surface area contributed by atoms with Gasteiger partial charge in [-0.25, -0.2) is 0 Å². The average Bonchev–Trinajstić information content (AvgIpc) is 3.57. The van der Waals surface area contributed by atoms with Crippen molar-refractivity contribution in [3.05, 3.63) is 102 Å². The predicted molar refractivity (Wildman–Crippen MR) is 145 cm³/mol. The van der Waals surface area contributed by atoms with Crippen LogP contribution in [0.5, 0.6) is 0 Å². The molecule has 33 heavy (non-hydrogen) atoms. The lowest BCUT2D eigenvalue weighted by atomic mass is 9.84. The first-order valence-electron chi connectivity index (χ1n) is 13.2. The van der Waals surface area contributed by atoms with Crippen molar-refractivity contribution in [1.29, 1.82) is 0 Å². The molecule has 2 fully saturated rings. The van der Waals surface area contributed by atoms with E-state index in [1.54, 1.807) is 0 Å². The lowest BCUT2D eigenvalue weighted by molar-refractivity contribution is 0.311. The Balaban J connectivity index is 0.000000258. The monoisotopic (exact) mass is 441 g/mol. The summed E-state index contributed by atoms with van der Waals surface area (Å²) in [7, 11) is 0. The molecule has 1 heteroatoms. The van der Waals surface area contributed by atoms with Crippen molar-refractivity contribution in [2.24, 2.45) is 11.3 Å². The van der Waals surface area contributed by atoms with Crippen molar-refractivity contribution in [2.45, 2.75) is 72.1 Å². The van der Waals surface area contributed by atoms with Gasteiger partial charge in [0.2, 0.25) is 0 Å². The third-order valence-electron chi connectivity index (χ3n) is 7.25. The molecule has 176 valence electrons. The molecule has 5 rings (SSSR count). The van der Waals surface area contributed by atoms with Crippen LogP contribution in [0.2, 0.25) is 0 Å². The van der Waals surface area contributed by atoms with Gasteiger partial charge < -0.3 is 5.32 Å². The highest BCUT2D eigenvalue weighted by molar-refractivity contribution is 5.53. The fourth-order valence-electron chi connectivity index (χ4n) is 5.20. The number of benzene rings is 3. The zero-order valence-electron chi connectivity index (χ0n) is 21.0. The maximum Gasteiger partial charge on any atom is 0.0376 e. The topological polar surface area (TPSA) is 12.0 Å². The number of hydrogen-bond donors (Lipinski definition) is 1. The summed E-state index contributed by atoms with van der Waals surface area (Å²) >= 11 is 0. The van der Waals surface area contributed by atoms with Crippen LogP contribution in [0.15, 0.2) is 84.9 Å². The highest BCUT2D eigenvalue weighted by Gasteiger charge is 2.53. The molecule has 1 atom stereocenters. The van der Waals surface area contributed by atoms with E-state index < -0.39 is 0 Å². The summed E-state index contributed by atoms with van der Waals surface area (Å²) in [4.78, 5) is 0. The second-order valence-corrected chi connectivity index (χ2v) is 9.36. The zero-order chi connectivity index (χ0) is 23.4. The summed E-state index contributed by atoms with van der Waals surface area (Å²) in [5, 5.41) is 3.77. The van der Waals surface area contributed by atoms with Gasteiger partial charge in [0.05, 0.1) is 0 Å². The maximum atomic E-state index is 3.77. The molecule has 2 aliphatic rings. The molecule has 0 amide bonds. The largest absolute Gasteiger partial charge is 0.385 e. The summed E-state index contributed by atoms with van der Waals surface area (Å²) < 4.78 is 0. The van der Waals surface area contributed by atoms with Gasteiger partial charge in [-0.15, -0.1) is 0 Å². The van der Waals surface area contributed by atoms with Crippen LogP contribution in [0.25, 0.3) is 0 Å². The predicted octanol–water partition coefficient (Wildman–Crippen LogP) is 8.93. The lowest BCUT2D eigenvalue weighted by Gasteiger charge is -2.23. The van der Waals surface area contributed by atoms with E-state index >= 15 is 0 Å². The Hall–Kier alpha value is -2.54. The molecule has 0 heterocycles. The van der Waals surface area contributed by atoms with E-state index in [-0.39, 0.29) is 0 Å². The molecule has 1 unspecified atom stereocenters. The van der Waals surface area contributed by atoms with Crippen molar-refractivity contribution in [2.75, 3.05) is 11.9 Å². The molecule has 2 aliphatic carbocycles. The summed E-state index contributed by atoms with van der Waals surface area (Å²) in [6, 6.07) is 30.0. The Morgan fingerprint density at radius 3 is 1.91 bits per heavy atom. The van der Waals surface area contributed by atoms with Crippen LogP contribution in [-0.2, 0) is 12.8 Å².